The van der Waals surface area contributed by atoms with Crippen LogP contribution in [0.3, 0.4) is 0 Å². The Labute approximate surface area is 135 Å². The van der Waals surface area contributed by atoms with E-state index in [-0.39, 0.29) is 5.69 Å². The maximum Gasteiger partial charge on any atom is 0.358 e. The van der Waals surface area contributed by atoms with Gasteiger partial charge in [-0.3, -0.25) is 0 Å². The molecule has 0 bridgehead atoms. The third kappa shape index (κ3) is 3.27. The van der Waals surface area contributed by atoms with Crippen LogP contribution < -0.4 is 0 Å². The summed E-state index contributed by atoms with van der Waals surface area (Å²) in [5, 5.41) is 17.4. The predicted molar refractivity (Wildman–Crippen MR) is 87.6 cm³/mol. The van der Waals surface area contributed by atoms with Crippen LogP contribution in [0.25, 0.3) is 11.3 Å². The maximum atomic E-state index is 11.5. The first-order valence-electron chi connectivity index (χ1n) is 8.03. The molecule has 6 heteroatoms. The van der Waals surface area contributed by atoms with Gasteiger partial charge in [0.2, 0.25) is 0 Å². The number of rotatable bonds is 5. The molecule has 3 rings (SSSR count). The molecule has 0 unspecified atom stereocenters. The third-order valence-corrected chi connectivity index (χ3v) is 4.54. The quantitative estimate of drug-likeness (QED) is 0.917. The Morgan fingerprint density at radius 2 is 1.91 bits per heavy atom. The number of hydrogen-bond acceptors (Lipinski definition) is 4. The molecule has 2 heterocycles. The summed E-state index contributed by atoms with van der Waals surface area (Å²) in [5.74, 6) is -1.04. The SMILES string of the molecule is Cc1ccc(-c2c(C(=O)O)nnn2CCN2CCCC2)cc1C. The van der Waals surface area contributed by atoms with E-state index in [0.717, 1.165) is 30.8 Å². The van der Waals surface area contributed by atoms with Gasteiger partial charge in [-0.15, -0.1) is 5.10 Å². The predicted octanol–water partition coefficient (Wildman–Crippen LogP) is 2.36. The second-order valence-corrected chi connectivity index (χ2v) is 6.16. The van der Waals surface area contributed by atoms with Crippen molar-refractivity contribution in [3.8, 4) is 11.3 Å². The summed E-state index contributed by atoms with van der Waals surface area (Å²) in [4.78, 5) is 13.9. The molecule has 122 valence electrons. The molecule has 6 nitrogen and oxygen atoms in total. The second kappa shape index (κ2) is 6.50. The van der Waals surface area contributed by atoms with Crippen molar-refractivity contribution in [2.75, 3.05) is 19.6 Å². The molecular weight excluding hydrogens is 292 g/mol. The molecule has 1 aromatic carbocycles. The summed E-state index contributed by atoms with van der Waals surface area (Å²) in [7, 11) is 0. The van der Waals surface area contributed by atoms with Gasteiger partial charge in [0.25, 0.3) is 0 Å². The fraction of sp³-hybridized carbons (Fsp3) is 0.471. The van der Waals surface area contributed by atoms with Crippen molar-refractivity contribution in [2.24, 2.45) is 0 Å². The Bertz CT molecular complexity index is 717. The number of hydrogen-bond donors (Lipinski definition) is 1. The average Bonchev–Trinajstić information content (AvgIpc) is 3.16. The van der Waals surface area contributed by atoms with E-state index in [1.165, 1.54) is 18.4 Å². The van der Waals surface area contributed by atoms with Crippen LogP contribution in [0.5, 0.6) is 0 Å². The first kappa shape index (κ1) is 15.7. The molecule has 0 aliphatic carbocycles. The Balaban J connectivity index is 1.93. The minimum atomic E-state index is -1.04. The number of aryl methyl sites for hydroxylation is 2. The molecule has 1 fully saturated rings. The lowest BCUT2D eigenvalue weighted by Gasteiger charge is -2.15. The molecule has 0 radical (unpaired) electrons. The maximum absolute atomic E-state index is 11.5. The standard InChI is InChI=1S/C17H22N4O2/c1-12-5-6-14(11-13(12)2)16-15(17(22)23)18-19-21(16)10-9-20-7-3-4-8-20/h5-6,11H,3-4,7-10H2,1-2H3,(H,22,23). The van der Waals surface area contributed by atoms with Crippen LogP contribution in [0.1, 0.15) is 34.5 Å². The van der Waals surface area contributed by atoms with Crippen molar-refractivity contribution in [2.45, 2.75) is 33.2 Å². The van der Waals surface area contributed by atoms with Gasteiger partial charge >= 0.3 is 5.97 Å². The van der Waals surface area contributed by atoms with E-state index in [9.17, 15) is 9.90 Å². The summed E-state index contributed by atoms with van der Waals surface area (Å²) in [6.07, 6.45) is 2.48. The number of carboxylic acids is 1. The summed E-state index contributed by atoms with van der Waals surface area (Å²) in [5.41, 5.74) is 3.79. The Morgan fingerprint density at radius 1 is 1.17 bits per heavy atom. The smallest absolute Gasteiger partial charge is 0.358 e. The highest BCUT2D eigenvalue weighted by molar-refractivity contribution is 5.92. The molecule has 1 N–H and O–H groups in total. The first-order valence-corrected chi connectivity index (χ1v) is 8.03. The van der Waals surface area contributed by atoms with Gasteiger partial charge in [0.05, 0.1) is 6.54 Å². The van der Waals surface area contributed by atoms with Gasteiger partial charge in [-0.2, -0.15) is 0 Å². The number of aromatic carboxylic acids is 1. The molecule has 0 saturated carbocycles. The monoisotopic (exact) mass is 314 g/mol. The number of benzene rings is 1. The highest BCUT2D eigenvalue weighted by Gasteiger charge is 2.21. The van der Waals surface area contributed by atoms with Gasteiger partial charge in [-0.25, -0.2) is 9.48 Å². The van der Waals surface area contributed by atoms with Crippen molar-refractivity contribution in [1.82, 2.24) is 19.9 Å². The summed E-state index contributed by atoms with van der Waals surface area (Å²) >= 11 is 0. The minimum absolute atomic E-state index is 0.0228. The molecule has 0 spiro atoms. The minimum Gasteiger partial charge on any atom is -0.476 e. The fourth-order valence-electron chi connectivity index (χ4n) is 3.03. The van der Waals surface area contributed by atoms with Crippen molar-refractivity contribution in [3.05, 3.63) is 35.0 Å². The van der Waals surface area contributed by atoms with E-state index in [1.807, 2.05) is 32.0 Å². The number of carboxylic acid groups (broad SMARTS) is 1. The van der Waals surface area contributed by atoms with Crippen LogP contribution >= 0.6 is 0 Å². The van der Waals surface area contributed by atoms with E-state index >= 15 is 0 Å². The normalized spacial score (nSPS) is 15.2. The van der Waals surface area contributed by atoms with E-state index in [0.29, 0.717) is 12.2 Å². The van der Waals surface area contributed by atoms with E-state index in [4.69, 9.17) is 0 Å². The summed E-state index contributed by atoms with van der Waals surface area (Å²) in [6, 6.07) is 5.96. The molecule has 1 aromatic heterocycles. The lowest BCUT2D eigenvalue weighted by Crippen LogP contribution is -2.24. The average molecular weight is 314 g/mol. The summed E-state index contributed by atoms with van der Waals surface area (Å²) in [6.45, 7) is 7.82. The Hall–Kier alpha value is -2.21. The van der Waals surface area contributed by atoms with E-state index in [1.54, 1.807) is 4.68 Å². The molecular formula is C17H22N4O2. The summed E-state index contributed by atoms with van der Waals surface area (Å²) < 4.78 is 1.73. The fourth-order valence-corrected chi connectivity index (χ4v) is 3.03. The molecule has 1 aliphatic rings. The molecule has 2 aromatic rings. The van der Waals surface area contributed by atoms with Gasteiger partial charge < -0.3 is 10.0 Å². The van der Waals surface area contributed by atoms with Crippen LogP contribution in [0, 0.1) is 13.8 Å². The van der Waals surface area contributed by atoms with E-state index in [2.05, 4.69) is 15.2 Å². The number of aromatic nitrogens is 3. The van der Waals surface area contributed by atoms with Gasteiger partial charge in [0, 0.05) is 12.1 Å². The molecule has 0 amide bonds. The highest BCUT2D eigenvalue weighted by Crippen LogP contribution is 2.25. The van der Waals surface area contributed by atoms with Crippen molar-refractivity contribution < 1.29 is 9.90 Å². The third-order valence-electron chi connectivity index (χ3n) is 4.54. The van der Waals surface area contributed by atoms with Gasteiger partial charge in [-0.05, 0) is 57.0 Å². The zero-order chi connectivity index (χ0) is 16.4. The Morgan fingerprint density at radius 3 is 2.57 bits per heavy atom. The van der Waals surface area contributed by atoms with E-state index < -0.39 is 5.97 Å². The number of nitrogens with zero attached hydrogens (tertiary/aromatic N) is 4. The molecule has 1 aliphatic heterocycles. The van der Waals surface area contributed by atoms with Gasteiger partial charge in [-0.1, -0.05) is 17.3 Å². The van der Waals surface area contributed by atoms with Gasteiger partial charge in [0.15, 0.2) is 5.69 Å². The molecule has 0 atom stereocenters. The van der Waals surface area contributed by atoms with Crippen molar-refractivity contribution >= 4 is 5.97 Å². The van der Waals surface area contributed by atoms with Crippen LogP contribution in [-0.4, -0.2) is 50.6 Å². The van der Waals surface area contributed by atoms with Crippen LogP contribution in [0.15, 0.2) is 18.2 Å². The number of likely N-dealkylation sites (tertiary alicyclic amines) is 1. The first-order chi connectivity index (χ1) is 11.1. The second-order valence-electron chi connectivity index (χ2n) is 6.16. The van der Waals surface area contributed by atoms with Crippen molar-refractivity contribution in [3.63, 3.8) is 0 Å². The topological polar surface area (TPSA) is 71.2 Å². The zero-order valence-electron chi connectivity index (χ0n) is 13.6. The van der Waals surface area contributed by atoms with Crippen LogP contribution in [-0.2, 0) is 6.54 Å². The zero-order valence-corrected chi connectivity index (χ0v) is 13.6. The lowest BCUT2D eigenvalue weighted by atomic mass is 10.0. The van der Waals surface area contributed by atoms with Crippen LogP contribution in [0.2, 0.25) is 0 Å². The lowest BCUT2D eigenvalue weighted by molar-refractivity contribution is 0.0691. The number of carbonyl (C=O) groups is 1. The molecule has 1 saturated heterocycles. The highest BCUT2D eigenvalue weighted by atomic mass is 16.4. The van der Waals surface area contributed by atoms with Crippen molar-refractivity contribution in [1.29, 1.82) is 0 Å². The van der Waals surface area contributed by atoms with Crippen LogP contribution in [0.4, 0.5) is 0 Å². The molecule has 23 heavy (non-hydrogen) atoms. The Kier molecular flexibility index (Phi) is 4.43. The van der Waals surface area contributed by atoms with Gasteiger partial charge in [0.1, 0.15) is 5.69 Å². The largest absolute Gasteiger partial charge is 0.476 e.